The van der Waals surface area contributed by atoms with Crippen LogP contribution in [-0.2, 0) is 0 Å². The van der Waals surface area contributed by atoms with Gasteiger partial charge in [0.1, 0.15) is 0 Å². The molecule has 0 fully saturated rings. The third kappa shape index (κ3) is 1.89. The van der Waals surface area contributed by atoms with Crippen molar-refractivity contribution in [2.24, 2.45) is 0 Å². The number of benzene rings is 1. The summed E-state index contributed by atoms with van der Waals surface area (Å²) >= 11 is 0. The Morgan fingerprint density at radius 3 is 2.65 bits per heavy atom. The van der Waals surface area contributed by atoms with Crippen molar-refractivity contribution in [3.05, 3.63) is 18.2 Å². The van der Waals surface area contributed by atoms with E-state index in [9.17, 15) is 0 Å². The van der Waals surface area contributed by atoms with Crippen molar-refractivity contribution in [2.45, 2.75) is 6.42 Å². The SMILES string of the molecule is Nc1nnc(-c2ccc3c(c2)OCCCO3)o1. The average Bonchev–Trinajstić information content (AvgIpc) is 2.64. The zero-order valence-electron chi connectivity index (χ0n) is 9.05. The fourth-order valence-corrected chi connectivity index (χ4v) is 1.65. The maximum atomic E-state index is 5.57. The van der Waals surface area contributed by atoms with Crippen LogP contribution in [0.3, 0.4) is 0 Å². The number of hydrogen-bond donors (Lipinski definition) is 1. The van der Waals surface area contributed by atoms with E-state index in [4.69, 9.17) is 19.6 Å². The average molecular weight is 233 g/mol. The first-order chi connectivity index (χ1) is 8.33. The van der Waals surface area contributed by atoms with Gasteiger partial charge in [-0.15, -0.1) is 5.10 Å². The molecule has 0 amide bonds. The molecule has 6 nitrogen and oxygen atoms in total. The highest BCUT2D eigenvalue weighted by Gasteiger charge is 2.14. The predicted octanol–water partition coefficient (Wildman–Crippen LogP) is 1.48. The van der Waals surface area contributed by atoms with Crippen LogP contribution in [0.15, 0.2) is 22.6 Å². The molecule has 1 aromatic carbocycles. The van der Waals surface area contributed by atoms with E-state index in [1.165, 1.54) is 0 Å². The van der Waals surface area contributed by atoms with Crippen molar-refractivity contribution >= 4 is 6.01 Å². The maximum Gasteiger partial charge on any atom is 0.313 e. The number of nitrogens with zero attached hydrogens (tertiary/aromatic N) is 2. The van der Waals surface area contributed by atoms with E-state index in [0.717, 1.165) is 17.7 Å². The van der Waals surface area contributed by atoms with Gasteiger partial charge < -0.3 is 19.6 Å². The molecule has 0 radical (unpaired) electrons. The standard InChI is InChI=1S/C11H11N3O3/c12-11-14-13-10(17-11)7-2-3-8-9(6-7)16-5-1-4-15-8/h2-3,6H,1,4-5H2,(H2,12,14). The van der Waals surface area contributed by atoms with Crippen LogP contribution in [0, 0.1) is 0 Å². The van der Waals surface area contributed by atoms with Crippen LogP contribution in [0.2, 0.25) is 0 Å². The minimum atomic E-state index is 0.0483. The Hall–Kier alpha value is -2.24. The van der Waals surface area contributed by atoms with Gasteiger partial charge in [0.05, 0.1) is 13.2 Å². The van der Waals surface area contributed by atoms with Gasteiger partial charge in [-0.25, -0.2) is 0 Å². The van der Waals surface area contributed by atoms with Gasteiger partial charge in [-0.2, -0.15) is 0 Å². The van der Waals surface area contributed by atoms with Gasteiger partial charge >= 0.3 is 6.01 Å². The van der Waals surface area contributed by atoms with Crippen LogP contribution in [0.1, 0.15) is 6.42 Å². The number of hydrogen-bond acceptors (Lipinski definition) is 6. The highest BCUT2D eigenvalue weighted by molar-refractivity contribution is 5.60. The lowest BCUT2D eigenvalue weighted by Gasteiger charge is -2.07. The van der Waals surface area contributed by atoms with Gasteiger partial charge in [-0.05, 0) is 18.2 Å². The van der Waals surface area contributed by atoms with E-state index >= 15 is 0 Å². The molecule has 2 heterocycles. The van der Waals surface area contributed by atoms with Gasteiger partial charge in [0, 0.05) is 12.0 Å². The topological polar surface area (TPSA) is 83.4 Å². The fourth-order valence-electron chi connectivity index (χ4n) is 1.65. The van der Waals surface area contributed by atoms with Crippen LogP contribution in [0.4, 0.5) is 6.01 Å². The monoisotopic (exact) mass is 233 g/mol. The first-order valence-corrected chi connectivity index (χ1v) is 5.32. The summed E-state index contributed by atoms with van der Waals surface area (Å²) in [6, 6.07) is 5.52. The summed E-state index contributed by atoms with van der Waals surface area (Å²) in [5.41, 5.74) is 6.14. The second-order valence-corrected chi connectivity index (χ2v) is 3.66. The molecule has 2 aromatic rings. The highest BCUT2D eigenvalue weighted by Crippen LogP contribution is 2.33. The molecule has 2 N–H and O–H groups in total. The zero-order valence-corrected chi connectivity index (χ0v) is 9.05. The van der Waals surface area contributed by atoms with Crippen molar-refractivity contribution in [1.82, 2.24) is 10.2 Å². The summed E-state index contributed by atoms with van der Waals surface area (Å²) in [5, 5.41) is 7.43. The normalized spacial score (nSPS) is 14.4. The zero-order chi connectivity index (χ0) is 11.7. The van der Waals surface area contributed by atoms with E-state index in [1.807, 2.05) is 18.2 Å². The molecule has 1 aliphatic heterocycles. The van der Waals surface area contributed by atoms with Crippen LogP contribution >= 0.6 is 0 Å². The van der Waals surface area contributed by atoms with Crippen molar-refractivity contribution in [3.8, 4) is 23.0 Å². The molecule has 0 spiro atoms. The van der Waals surface area contributed by atoms with Gasteiger partial charge in [-0.3, -0.25) is 0 Å². The van der Waals surface area contributed by atoms with E-state index in [2.05, 4.69) is 10.2 Å². The van der Waals surface area contributed by atoms with Crippen LogP contribution in [0.25, 0.3) is 11.5 Å². The second kappa shape index (κ2) is 3.97. The summed E-state index contributed by atoms with van der Waals surface area (Å²) in [6.07, 6.45) is 0.873. The van der Waals surface area contributed by atoms with Crippen LogP contribution in [0.5, 0.6) is 11.5 Å². The van der Waals surface area contributed by atoms with Gasteiger partial charge in [0.25, 0.3) is 0 Å². The molecule has 0 unspecified atom stereocenters. The predicted molar refractivity (Wildman–Crippen MR) is 59.8 cm³/mol. The molecule has 3 rings (SSSR count). The minimum Gasteiger partial charge on any atom is -0.490 e. The van der Waals surface area contributed by atoms with E-state index in [0.29, 0.717) is 24.9 Å². The van der Waals surface area contributed by atoms with E-state index < -0.39 is 0 Å². The van der Waals surface area contributed by atoms with Crippen molar-refractivity contribution < 1.29 is 13.9 Å². The fraction of sp³-hybridized carbons (Fsp3) is 0.273. The van der Waals surface area contributed by atoms with Gasteiger partial charge in [-0.1, -0.05) is 5.10 Å². The third-order valence-corrected chi connectivity index (χ3v) is 2.44. The summed E-state index contributed by atoms with van der Waals surface area (Å²) in [4.78, 5) is 0. The summed E-state index contributed by atoms with van der Waals surface area (Å²) in [7, 11) is 0. The Labute approximate surface area is 97.3 Å². The number of nitrogens with two attached hydrogens (primary N) is 1. The Bertz CT molecular complexity index is 539. The van der Waals surface area contributed by atoms with E-state index in [-0.39, 0.29) is 6.01 Å². The third-order valence-electron chi connectivity index (χ3n) is 2.44. The molecule has 1 aliphatic rings. The number of ether oxygens (including phenoxy) is 2. The van der Waals surface area contributed by atoms with E-state index in [1.54, 1.807) is 0 Å². The molecule has 88 valence electrons. The molecule has 0 bridgehead atoms. The number of rotatable bonds is 1. The number of aromatic nitrogens is 2. The minimum absolute atomic E-state index is 0.0483. The van der Waals surface area contributed by atoms with Crippen LogP contribution < -0.4 is 15.2 Å². The largest absolute Gasteiger partial charge is 0.490 e. The number of nitrogen functional groups attached to an aromatic ring is 1. The Morgan fingerprint density at radius 2 is 1.88 bits per heavy atom. The van der Waals surface area contributed by atoms with Gasteiger partial charge in [0.15, 0.2) is 11.5 Å². The maximum absolute atomic E-state index is 5.57. The van der Waals surface area contributed by atoms with Crippen LogP contribution in [-0.4, -0.2) is 23.4 Å². The summed E-state index contributed by atoms with van der Waals surface area (Å²) < 4.78 is 16.3. The lowest BCUT2D eigenvalue weighted by Crippen LogP contribution is -1.97. The highest BCUT2D eigenvalue weighted by atomic mass is 16.5. The Balaban J connectivity index is 2.00. The molecule has 0 aliphatic carbocycles. The van der Waals surface area contributed by atoms with Crippen molar-refractivity contribution in [1.29, 1.82) is 0 Å². The second-order valence-electron chi connectivity index (χ2n) is 3.66. The number of fused-ring (bicyclic) bond motifs is 1. The molecular formula is C11H11N3O3. The molecular weight excluding hydrogens is 222 g/mol. The molecule has 17 heavy (non-hydrogen) atoms. The molecule has 0 saturated carbocycles. The molecule has 6 heteroatoms. The summed E-state index contributed by atoms with van der Waals surface area (Å²) in [6.45, 7) is 1.31. The lowest BCUT2D eigenvalue weighted by atomic mass is 10.2. The first-order valence-electron chi connectivity index (χ1n) is 5.32. The smallest absolute Gasteiger partial charge is 0.313 e. The van der Waals surface area contributed by atoms with Crippen molar-refractivity contribution in [3.63, 3.8) is 0 Å². The summed E-state index contributed by atoms with van der Waals surface area (Å²) in [5.74, 6) is 1.80. The quantitative estimate of drug-likeness (QED) is 0.803. The first kappa shape index (κ1) is 9.95. The number of anilines is 1. The molecule has 0 atom stereocenters. The Morgan fingerprint density at radius 1 is 1.06 bits per heavy atom. The lowest BCUT2D eigenvalue weighted by molar-refractivity contribution is 0.297. The van der Waals surface area contributed by atoms with Gasteiger partial charge in [0.2, 0.25) is 5.89 Å². The molecule has 1 aromatic heterocycles. The molecule has 0 saturated heterocycles. The Kier molecular flexibility index (Phi) is 2.32. The van der Waals surface area contributed by atoms with Crippen molar-refractivity contribution in [2.75, 3.05) is 18.9 Å².